The molecule has 0 unspecified atom stereocenters. The Hall–Kier alpha value is -3.51. The Balaban J connectivity index is 1.34. The van der Waals surface area contributed by atoms with Gasteiger partial charge in [0.15, 0.2) is 5.13 Å². The molecule has 0 spiro atoms. The minimum atomic E-state index is -1.16. The normalized spacial score (nSPS) is 16.4. The fourth-order valence-electron chi connectivity index (χ4n) is 4.49. The van der Waals surface area contributed by atoms with Crippen molar-refractivity contribution >= 4 is 46.5 Å². The van der Waals surface area contributed by atoms with E-state index in [1.807, 2.05) is 34.1 Å². The van der Waals surface area contributed by atoms with Crippen molar-refractivity contribution in [2.45, 2.75) is 39.2 Å². The zero-order chi connectivity index (χ0) is 26.2. The number of aromatic nitrogens is 1. The standard InChI is InChI=1S/C25H33N7O4S/c1-18(33)28-23-29-21(9-6-19-4-7-20(8-5-19)26-17-27-24(34)35)22(37-23)16-30-12-14-32(15-13-30)25(36)31-10-2-3-11-31/h4-5,7-8,17H,2-3,6,9-16H2,1H3,(H,26,27)(H,34,35)(H,28,29,33). The Kier molecular flexibility index (Phi) is 9.07. The van der Waals surface area contributed by atoms with Gasteiger partial charge < -0.3 is 20.2 Å². The number of carboxylic acid groups (broad SMARTS) is 1. The predicted molar refractivity (Wildman–Crippen MR) is 143 cm³/mol. The number of carbonyl (C=O) groups excluding carboxylic acids is 2. The molecule has 12 heteroatoms. The lowest BCUT2D eigenvalue weighted by molar-refractivity contribution is -0.114. The number of nitrogens with one attached hydrogen (secondary N) is 2. The first kappa shape index (κ1) is 26.6. The number of piperazine rings is 1. The first-order valence-corrected chi connectivity index (χ1v) is 13.3. The number of urea groups is 1. The van der Waals surface area contributed by atoms with Crippen LogP contribution in [0.4, 0.5) is 20.4 Å². The van der Waals surface area contributed by atoms with Gasteiger partial charge in [-0.3, -0.25) is 15.0 Å². The van der Waals surface area contributed by atoms with E-state index in [1.165, 1.54) is 18.3 Å². The van der Waals surface area contributed by atoms with Crippen LogP contribution in [0.5, 0.6) is 0 Å². The summed E-state index contributed by atoms with van der Waals surface area (Å²) in [5.74, 6) is -0.144. The van der Waals surface area contributed by atoms with Crippen LogP contribution in [-0.4, -0.2) is 88.4 Å². The summed E-state index contributed by atoms with van der Waals surface area (Å²) in [6.07, 6.45) is 3.67. The average molecular weight is 528 g/mol. The molecule has 0 radical (unpaired) electrons. The highest BCUT2D eigenvalue weighted by atomic mass is 32.1. The molecular formula is C25H33N7O4S. The summed E-state index contributed by atoms with van der Waals surface area (Å²) in [7, 11) is 0. The third-order valence-electron chi connectivity index (χ3n) is 6.44. The van der Waals surface area contributed by atoms with E-state index in [4.69, 9.17) is 10.1 Å². The number of rotatable bonds is 8. The number of likely N-dealkylation sites (tertiary alicyclic amines) is 1. The highest BCUT2D eigenvalue weighted by Gasteiger charge is 2.27. The van der Waals surface area contributed by atoms with Crippen molar-refractivity contribution in [3.05, 3.63) is 40.4 Å². The predicted octanol–water partition coefficient (Wildman–Crippen LogP) is 3.15. The Labute approximate surface area is 220 Å². The number of nitrogens with zero attached hydrogens (tertiary/aromatic N) is 5. The maximum absolute atomic E-state index is 12.7. The minimum Gasteiger partial charge on any atom is -0.465 e. The molecular weight excluding hydrogens is 494 g/mol. The molecule has 4 amide bonds. The molecule has 2 aliphatic heterocycles. The van der Waals surface area contributed by atoms with Gasteiger partial charge in [-0.1, -0.05) is 12.1 Å². The van der Waals surface area contributed by atoms with Crippen molar-refractivity contribution in [1.29, 1.82) is 0 Å². The molecule has 0 aliphatic carbocycles. The molecule has 0 bridgehead atoms. The Morgan fingerprint density at radius 1 is 1.03 bits per heavy atom. The van der Waals surface area contributed by atoms with E-state index in [1.54, 1.807) is 0 Å². The fraction of sp³-hybridized carbons (Fsp3) is 0.480. The SMILES string of the molecule is CC(=O)Nc1nc(CCc2ccc(N=CNC(=O)O)cc2)c(CN2CCN(C(=O)N3CCCC3)CC2)s1. The van der Waals surface area contributed by atoms with Gasteiger partial charge in [0, 0.05) is 57.6 Å². The average Bonchev–Trinajstić information content (AvgIpc) is 3.53. The van der Waals surface area contributed by atoms with Crippen LogP contribution in [0, 0.1) is 0 Å². The monoisotopic (exact) mass is 527 g/mol. The Bertz CT molecular complexity index is 1120. The number of aryl methyl sites for hydroxylation is 2. The summed E-state index contributed by atoms with van der Waals surface area (Å²) in [6, 6.07) is 7.76. The summed E-state index contributed by atoms with van der Waals surface area (Å²) in [5.41, 5.74) is 2.73. The van der Waals surface area contributed by atoms with E-state index in [0.717, 1.165) is 94.0 Å². The van der Waals surface area contributed by atoms with E-state index in [9.17, 15) is 14.4 Å². The van der Waals surface area contributed by atoms with Crippen molar-refractivity contribution in [3.8, 4) is 0 Å². The lowest BCUT2D eigenvalue weighted by atomic mass is 10.1. The maximum Gasteiger partial charge on any atom is 0.409 e. The molecule has 3 heterocycles. The van der Waals surface area contributed by atoms with Crippen LogP contribution < -0.4 is 10.6 Å². The second-order valence-electron chi connectivity index (χ2n) is 9.18. The minimum absolute atomic E-state index is 0.144. The number of amides is 4. The largest absolute Gasteiger partial charge is 0.465 e. The first-order chi connectivity index (χ1) is 17.9. The third-order valence-corrected chi connectivity index (χ3v) is 7.43. The van der Waals surface area contributed by atoms with Gasteiger partial charge in [-0.15, -0.1) is 11.3 Å². The van der Waals surface area contributed by atoms with Crippen LogP contribution >= 0.6 is 11.3 Å². The molecule has 0 atom stereocenters. The maximum atomic E-state index is 12.7. The molecule has 2 aromatic rings. The second-order valence-corrected chi connectivity index (χ2v) is 10.3. The summed E-state index contributed by atoms with van der Waals surface area (Å²) < 4.78 is 0. The van der Waals surface area contributed by atoms with Crippen LogP contribution in [0.2, 0.25) is 0 Å². The first-order valence-electron chi connectivity index (χ1n) is 12.5. The Morgan fingerprint density at radius 3 is 2.35 bits per heavy atom. The summed E-state index contributed by atoms with van der Waals surface area (Å²) in [4.78, 5) is 51.0. The number of thiazole rings is 1. The molecule has 198 valence electrons. The summed E-state index contributed by atoms with van der Waals surface area (Å²) in [5, 5.41) is 14.1. The molecule has 0 saturated carbocycles. The number of carbonyl (C=O) groups is 3. The molecule has 2 aliphatic rings. The summed E-state index contributed by atoms with van der Waals surface area (Å²) >= 11 is 1.51. The van der Waals surface area contributed by atoms with E-state index in [-0.39, 0.29) is 11.9 Å². The zero-order valence-electron chi connectivity index (χ0n) is 21.0. The molecule has 2 saturated heterocycles. The lowest BCUT2D eigenvalue weighted by Crippen LogP contribution is -2.52. The molecule has 2 fully saturated rings. The fourth-order valence-corrected chi connectivity index (χ4v) is 5.59. The Morgan fingerprint density at radius 2 is 1.70 bits per heavy atom. The van der Waals surface area contributed by atoms with Crippen molar-refractivity contribution in [3.63, 3.8) is 0 Å². The van der Waals surface area contributed by atoms with E-state index in [2.05, 4.69) is 20.5 Å². The molecule has 11 nitrogen and oxygen atoms in total. The molecule has 37 heavy (non-hydrogen) atoms. The molecule has 4 rings (SSSR count). The third kappa shape index (κ3) is 7.73. The van der Waals surface area contributed by atoms with E-state index >= 15 is 0 Å². The van der Waals surface area contributed by atoms with Crippen molar-refractivity contribution in [1.82, 2.24) is 25.0 Å². The number of anilines is 1. The highest BCUT2D eigenvalue weighted by molar-refractivity contribution is 7.15. The number of benzene rings is 1. The van der Waals surface area contributed by atoms with Gasteiger partial charge in [0.25, 0.3) is 0 Å². The topological polar surface area (TPSA) is 130 Å². The van der Waals surface area contributed by atoms with Crippen molar-refractivity contribution in [2.75, 3.05) is 44.6 Å². The number of hydrogen-bond acceptors (Lipinski definition) is 7. The van der Waals surface area contributed by atoms with Gasteiger partial charge in [0.05, 0.1) is 17.7 Å². The van der Waals surface area contributed by atoms with Gasteiger partial charge in [-0.05, 0) is 43.4 Å². The molecule has 1 aromatic carbocycles. The van der Waals surface area contributed by atoms with Gasteiger partial charge in [-0.2, -0.15) is 0 Å². The molecule has 1 aromatic heterocycles. The van der Waals surface area contributed by atoms with Crippen LogP contribution in [0.15, 0.2) is 29.3 Å². The van der Waals surface area contributed by atoms with E-state index < -0.39 is 6.09 Å². The summed E-state index contributed by atoms with van der Waals surface area (Å²) in [6.45, 7) is 7.02. The van der Waals surface area contributed by atoms with Crippen LogP contribution in [-0.2, 0) is 24.2 Å². The van der Waals surface area contributed by atoms with Gasteiger partial charge in [0.1, 0.15) is 0 Å². The van der Waals surface area contributed by atoms with Crippen LogP contribution in [0.1, 0.15) is 35.9 Å². The zero-order valence-corrected chi connectivity index (χ0v) is 21.8. The molecule has 3 N–H and O–H groups in total. The number of aliphatic imine (C=N–C) groups is 1. The van der Waals surface area contributed by atoms with Crippen molar-refractivity contribution in [2.24, 2.45) is 4.99 Å². The second kappa shape index (κ2) is 12.6. The van der Waals surface area contributed by atoms with Gasteiger partial charge >= 0.3 is 12.1 Å². The van der Waals surface area contributed by atoms with Gasteiger partial charge in [-0.25, -0.2) is 19.6 Å². The lowest BCUT2D eigenvalue weighted by Gasteiger charge is -2.36. The number of hydrogen-bond donors (Lipinski definition) is 3. The highest BCUT2D eigenvalue weighted by Crippen LogP contribution is 2.27. The van der Waals surface area contributed by atoms with Crippen molar-refractivity contribution < 1.29 is 19.5 Å². The smallest absolute Gasteiger partial charge is 0.409 e. The van der Waals surface area contributed by atoms with Gasteiger partial charge in [0.2, 0.25) is 5.91 Å². The van der Waals surface area contributed by atoms with Crippen LogP contribution in [0.3, 0.4) is 0 Å². The quantitative estimate of drug-likeness (QED) is 0.357. The van der Waals surface area contributed by atoms with Crippen LogP contribution in [0.25, 0.3) is 0 Å². The van der Waals surface area contributed by atoms with E-state index in [0.29, 0.717) is 10.8 Å².